The third kappa shape index (κ3) is 252. The Morgan fingerprint density at radius 1 is 0.273 bits per heavy atom. The Hall–Kier alpha value is -1.08. The van der Waals surface area contributed by atoms with Crippen molar-refractivity contribution in [2.24, 2.45) is 22.9 Å². The highest BCUT2D eigenvalue weighted by atomic mass is 31.3. The molecule has 0 fully saturated rings. The third-order valence-corrected chi connectivity index (χ3v) is 15.1. The van der Waals surface area contributed by atoms with Crippen LogP contribution in [0.15, 0.2) is 0 Å². The van der Waals surface area contributed by atoms with E-state index >= 15 is 0 Å². The van der Waals surface area contributed by atoms with E-state index in [4.69, 9.17) is 141 Å². The minimum Gasteiger partial charge on any atom is -0.481 e. The maximum absolute atomic E-state index is 9.85. The first kappa shape index (κ1) is 87.9. The summed E-state index contributed by atoms with van der Waals surface area (Å²) in [6.45, 7) is 7.53. The van der Waals surface area contributed by atoms with Crippen LogP contribution in [-0.2, 0) is 55.7 Å². The molecule has 0 heterocycles. The number of carbonyl (C=O) groups is 4. The lowest BCUT2D eigenvalue weighted by Crippen LogP contribution is -2.03. The molecule has 44 heteroatoms. The fourth-order valence-corrected chi connectivity index (χ4v) is 9.57. The molecule has 0 saturated carbocycles. The normalized spacial score (nSPS) is 11.0. The molecule has 66 heavy (non-hydrogen) atoms. The minimum atomic E-state index is -4.55. The van der Waals surface area contributed by atoms with Crippen molar-refractivity contribution >= 4 is 84.6 Å². The van der Waals surface area contributed by atoms with Gasteiger partial charge in [0.1, 0.15) is 0 Å². The van der Waals surface area contributed by atoms with E-state index in [1.165, 1.54) is 12.8 Å². The van der Waals surface area contributed by atoms with Crippen molar-refractivity contribution in [3.05, 3.63) is 0 Å². The first-order valence-electron chi connectivity index (χ1n) is 16.5. The Labute approximate surface area is 377 Å². The van der Waals surface area contributed by atoms with E-state index in [0.717, 1.165) is 79.6 Å². The van der Waals surface area contributed by atoms with Crippen LogP contribution in [-0.4, -0.2) is 172 Å². The molecule has 0 spiro atoms. The zero-order valence-electron chi connectivity index (χ0n) is 35.6. The Bertz CT molecular complexity index is 1300. The van der Waals surface area contributed by atoms with Gasteiger partial charge in [0.25, 0.3) is 23.9 Å². The van der Waals surface area contributed by atoms with Crippen molar-refractivity contribution < 1.29 is 154 Å². The van der Waals surface area contributed by atoms with Gasteiger partial charge in [-0.05, 0) is 51.9 Å². The van der Waals surface area contributed by atoms with E-state index in [-0.39, 0.29) is 0 Å². The first-order valence-corrected chi connectivity index (χ1v) is 30.9. The van der Waals surface area contributed by atoms with Crippen LogP contribution < -0.4 is 22.9 Å². The van der Waals surface area contributed by atoms with Gasteiger partial charge in [-0.25, -0.2) is 0 Å². The topological polar surface area (TPSA) is 714 Å². The molecule has 0 amide bonds. The van der Waals surface area contributed by atoms with Gasteiger partial charge in [-0.2, -0.15) is 0 Å². The van der Waals surface area contributed by atoms with Crippen LogP contribution in [0, 0.1) is 0 Å². The number of unbranched alkanes of at least 4 members (excludes halogenated alkanes) is 4. The van der Waals surface area contributed by atoms with Crippen molar-refractivity contribution in [1.82, 2.24) is 0 Å². The maximum atomic E-state index is 9.85. The van der Waals surface area contributed by atoms with Crippen molar-refractivity contribution in [1.29, 1.82) is 0 Å². The quantitative estimate of drug-likeness (QED) is 0.0571. The molecule has 0 radical (unpaired) electrons. The van der Waals surface area contributed by atoms with Crippen LogP contribution in [0.1, 0.15) is 66.2 Å². The molecule has 0 aliphatic rings. The van der Waals surface area contributed by atoms with Crippen LogP contribution in [0.2, 0.25) is 0 Å². The lowest BCUT2D eigenvalue weighted by Gasteiger charge is -2.03. The predicted octanol–water partition coefficient (Wildman–Crippen LogP) is -2.29. The smallest absolute Gasteiger partial charge is 0.337 e. The second kappa shape index (κ2) is 47.6. The average Bonchev–Trinajstić information content (AvgIpc) is 2.91. The minimum absolute atomic E-state index is 0.775. The van der Waals surface area contributed by atoms with E-state index < -0.39 is 108 Å². The highest BCUT2D eigenvalue weighted by Gasteiger charge is 2.29. The van der Waals surface area contributed by atoms with Gasteiger partial charge >= 0.3 is 60.8 Å². The molecular weight excluding hydrogens is 1080 g/mol. The maximum Gasteiger partial charge on any atom is 0.337 e. The Balaban J connectivity index is -0.0000000671. The number of carboxylic acids is 4. The molecule has 0 rings (SSSR count). The number of hydrogen-bond acceptors (Lipinski definition) is 16. The number of carboxylic acid groups (broad SMARTS) is 4. The molecule has 0 aliphatic carbocycles. The van der Waals surface area contributed by atoms with Gasteiger partial charge in [-0.1, -0.05) is 12.8 Å². The van der Waals surface area contributed by atoms with Crippen LogP contribution in [0.3, 0.4) is 0 Å². The van der Waals surface area contributed by atoms with Crippen molar-refractivity contribution in [2.45, 2.75) is 66.2 Å². The third-order valence-electron chi connectivity index (χ3n) is 3.29. The second-order valence-corrected chi connectivity index (χ2v) is 26.4. The van der Waals surface area contributed by atoms with Gasteiger partial charge in [-0.3, -0.25) is 55.7 Å². The van der Waals surface area contributed by atoms with Gasteiger partial charge in [0.2, 0.25) is 0 Å². The molecule has 0 saturated heterocycles. The summed E-state index contributed by atoms with van der Waals surface area (Å²) in [5.74, 6) is -8.83. The number of nitrogens with two attached hydrogens (primary N) is 4. The Kier molecular flexibility index (Phi) is 63.4. The van der Waals surface area contributed by atoms with Gasteiger partial charge in [0.15, 0.2) is 23.6 Å². The predicted molar refractivity (Wildman–Crippen MR) is 233 cm³/mol. The average molecular weight is 1150 g/mol. The summed E-state index contributed by atoms with van der Waals surface area (Å²) >= 11 is 0. The van der Waals surface area contributed by atoms with E-state index in [1.54, 1.807) is 0 Å². The van der Waals surface area contributed by atoms with E-state index in [2.05, 4.69) is 0 Å². The van der Waals surface area contributed by atoms with E-state index in [0.29, 0.717) is 0 Å². The summed E-state index contributed by atoms with van der Waals surface area (Å²) in [4.78, 5) is 164. The lowest BCUT2D eigenvalue weighted by atomic mass is 10.2. The van der Waals surface area contributed by atoms with E-state index in [9.17, 15) is 36.5 Å². The monoisotopic (exact) mass is 1150 g/mol. The largest absolute Gasteiger partial charge is 0.481 e. The molecule has 0 atom stereocenters. The molecule has 0 aromatic heterocycles. The standard InChI is InChI=1S/C6H16N2.C4H12N2.4C2H4O2.4CH6O6P2/c7-5-3-1-2-4-6-8;5-3-1-2-4-6;4*1-2(3)4;4*2-8(3,4)1-9(5,6)7/h1-8H2;1-6H2;4*1H3,(H,3,4);4*1H2,(H2,2,3,4)(H2,5,6,7). The molecule has 36 nitrogen and oxygen atoms in total. The van der Waals surface area contributed by atoms with Crippen LogP contribution in [0.4, 0.5) is 0 Å². The van der Waals surface area contributed by atoms with Gasteiger partial charge in [0.05, 0.1) is 0 Å². The van der Waals surface area contributed by atoms with Crippen molar-refractivity contribution in [3.8, 4) is 0 Å². The molecule has 408 valence electrons. The Morgan fingerprint density at radius 2 is 0.348 bits per heavy atom. The Morgan fingerprint density at radius 3 is 0.394 bits per heavy atom. The second-order valence-electron chi connectivity index (χ2n) is 11.2. The van der Waals surface area contributed by atoms with Gasteiger partial charge < -0.3 is 122 Å². The summed E-state index contributed by atoms with van der Waals surface area (Å²) in [5.41, 5.74) is 20.9. The SMILES string of the molecule is CC(=O)O.CC(=O)O.CC(=O)O.CC(=O)O.NCCCCCCN.NCCCCN.O=P(O)(O)CP(=O)(O)O.O=P(O)(O)CP(=O)(O)O.O=P(O)(O)CP(=O)(O)O.O=P(O)(O)CP(=O)(O)O. The molecule has 0 bridgehead atoms. The van der Waals surface area contributed by atoms with Gasteiger partial charge in [0, 0.05) is 27.7 Å². The van der Waals surface area contributed by atoms with Crippen molar-refractivity contribution in [3.63, 3.8) is 0 Å². The summed E-state index contributed by atoms with van der Waals surface area (Å²) < 4.78 is 78.8. The fraction of sp³-hybridized carbons (Fsp3) is 0.818. The van der Waals surface area contributed by atoms with Crippen LogP contribution in [0.5, 0.6) is 0 Å². The highest BCUT2D eigenvalue weighted by molar-refractivity contribution is 7.70. The number of hydrogen-bond donors (Lipinski definition) is 24. The van der Waals surface area contributed by atoms with Gasteiger partial charge in [-0.15, -0.1) is 0 Å². The lowest BCUT2D eigenvalue weighted by molar-refractivity contribution is -0.135. The molecule has 0 aliphatic heterocycles. The zero-order chi connectivity index (χ0) is 56.2. The molecule has 28 N–H and O–H groups in total. The summed E-state index contributed by atoms with van der Waals surface area (Å²) in [7, 11) is -36.4. The number of rotatable bonds is 16. The zero-order valence-corrected chi connectivity index (χ0v) is 42.8. The fourth-order valence-electron chi connectivity index (χ4n) is 1.89. The molecule has 0 unspecified atom stereocenters. The summed E-state index contributed by atoms with van der Waals surface area (Å²) in [6.07, 6.45) is 6.92. The first-order chi connectivity index (χ1) is 28.6. The molecule has 0 aromatic carbocycles. The highest BCUT2D eigenvalue weighted by Crippen LogP contribution is 2.53. The summed E-state index contributed by atoms with van der Waals surface area (Å²) in [5, 5.41) is 29.7. The van der Waals surface area contributed by atoms with E-state index in [1.807, 2.05) is 0 Å². The number of aliphatic carboxylic acids is 4. The summed E-state index contributed by atoms with van der Waals surface area (Å²) in [6, 6.07) is 0. The van der Waals surface area contributed by atoms with Crippen LogP contribution in [0.25, 0.3) is 0 Å². The molecule has 0 aromatic rings. The van der Waals surface area contributed by atoms with Crippen LogP contribution >= 0.6 is 60.8 Å². The molecular formula is C22H68N4O32P8. The van der Waals surface area contributed by atoms with Crippen molar-refractivity contribution in [2.75, 3.05) is 49.8 Å².